The van der Waals surface area contributed by atoms with Gasteiger partial charge in [0, 0.05) is 37.0 Å². The van der Waals surface area contributed by atoms with Gasteiger partial charge in [-0.2, -0.15) is 5.10 Å². The quantitative estimate of drug-likeness (QED) is 0.602. The molecule has 0 spiro atoms. The van der Waals surface area contributed by atoms with Crippen molar-refractivity contribution in [3.8, 4) is 0 Å². The summed E-state index contributed by atoms with van der Waals surface area (Å²) in [7, 11) is 2.12. The van der Waals surface area contributed by atoms with Gasteiger partial charge < -0.3 is 16.0 Å². The van der Waals surface area contributed by atoms with E-state index in [1.54, 1.807) is 24.3 Å². The zero-order chi connectivity index (χ0) is 18.8. The summed E-state index contributed by atoms with van der Waals surface area (Å²) < 4.78 is 0. The first-order valence-corrected chi connectivity index (χ1v) is 8.95. The average Bonchev–Trinajstić information content (AvgIpc) is 3.27. The Morgan fingerprint density at radius 1 is 1.26 bits per heavy atom. The molecule has 0 atom stereocenters. The zero-order valence-corrected chi connectivity index (χ0v) is 15.2. The van der Waals surface area contributed by atoms with Crippen molar-refractivity contribution in [1.29, 1.82) is 0 Å². The SMILES string of the molecule is CN1CCc2cc(Cc3n[nH]c(CNC(=O)c4ccc(N)cc4)n3)ccc21. The van der Waals surface area contributed by atoms with Crippen LogP contribution in [0.15, 0.2) is 42.5 Å². The number of hydrogen-bond donors (Lipinski definition) is 3. The molecule has 0 saturated carbocycles. The number of carbonyl (C=O) groups excluding carboxylic acids is 1. The van der Waals surface area contributed by atoms with Gasteiger partial charge in [-0.05, 0) is 47.9 Å². The summed E-state index contributed by atoms with van der Waals surface area (Å²) in [6.07, 6.45) is 1.75. The van der Waals surface area contributed by atoms with Crippen LogP contribution in [0.2, 0.25) is 0 Å². The minimum atomic E-state index is -0.171. The standard InChI is InChI=1S/C20H22N6O/c1-26-9-8-15-10-13(2-7-17(15)26)11-18-23-19(25-24-18)12-22-20(27)14-3-5-16(21)6-4-14/h2-7,10H,8-9,11-12,21H2,1H3,(H,22,27)(H,23,24,25). The van der Waals surface area contributed by atoms with Crippen molar-refractivity contribution < 1.29 is 4.79 Å². The second-order valence-electron chi connectivity index (χ2n) is 6.81. The summed E-state index contributed by atoms with van der Waals surface area (Å²) in [5, 5.41) is 10.00. The molecule has 1 amide bonds. The monoisotopic (exact) mass is 362 g/mol. The van der Waals surface area contributed by atoms with Crippen LogP contribution in [-0.2, 0) is 19.4 Å². The number of likely N-dealkylation sites (N-methyl/N-ethyl adjacent to an activating group) is 1. The van der Waals surface area contributed by atoms with Gasteiger partial charge in [0.15, 0.2) is 5.82 Å². The average molecular weight is 362 g/mol. The van der Waals surface area contributed by atoms with Crippen molar-refractivity contribution in [2.24, 2.45) is 0 Å². The molecule has 27 heavy (non-hydrogen) atoms. The van der Waals surface area contributed by atoms with Gasteiger partial charge in [0.05, 0.1) is 6.54 Å². The number of anilines is 2. The molecule has 2 heterocycles. The molecule has 0 aliphatic carbocycles. The highest BCUT2D eigenvalue weighted by atomic mass is 16.1. The molecule has 1 aliphatic heterocycles. The van der Waals surface area contributed by atoms with Crippen molar-refractivity contribution in [2.75, 3.05) is 24.2 Å². The molecule has 0 bridgehead atoms. The van der Waals surface area contributed by atoms with Crippen LogP contribution in [0, 0.1) is 0 Å². The number of rotatable bonds is 5. The predicted octanol–water partition coefficient (Wildman–Crippen LogP) is 1.90. The molecular weight excluding hydrogens is 340 g/mol. The van der Waals surface area contributed by atoms with Gasteiger partial charge in [0.1, 0.15) is 5.82 Å². The molecule has 1 aliphatic rings. The second-order valence-corrected chi connectivity index (χ2v) is 6.81. The van der Waals surface area contributed by atoms with Crippen LogP contribution >= 0.6 is 0 Å². The summed E-state index contributed by atoms with van der Waals surface area (Å²) in [5.41, 5.74) is 10.7. The fourth-order valence-corrected chi connectivity index (χ4v) is 3.31. The first kappa shape index (κ1) is 17.1. The van der Waals surface area contributed by atoms with Crippen LogP contribution in [0.4, 0.5) is 11.4 Å². The van der Waals surface area contributed by atoms with Gasteiger partial charge in [0.2, 0.25) is 0 Å². The van der Waals surface area contributed by atoms with E-state index in [-0.39, 0.29) is 5.91 Å². The van der Waals surface area contributed by atoms with E-state index in [0.717, 1.165) is 18.8 Å². The number of nitrogen functional groups attached to an aromatic ring is 1. The van der Waals surface area contributed by atoms with E-state index in [9.17, 15) is 4.79 Å². The number of nitrogens with zero attached hydrogens (tertiary/aromatic N) is 3. The number of fused-ring (bicyclic) bond motifs is 1. The van der Waals surface area contributed by atoms with Gasteiger partial charge in [0.25, 0.3) is 5.91 Å². The first-order chi connectivity index (χ1) is 13.1. The molecule has 7 nitrogen and oxygen atoms in total. The third-order valence-electron chi connectivity index (χ3n) is 4.80. The first-order valence-electron chi connectivity index (χ1n) is 8.95. The third-order valence-corrected chi connectivity index (χ3v) is 4.80. The van der Waals surface area contributed by atoms with Gasteiger partial charge in [-0.15, -0.1) is 0 Å². The van der Waals surface area contributed by atoms with Crippen LogP contribution in [0.25, 0.3) is 0 Å². The molecule has 0 fully saturated rings. The van der Waals surface area contributed by atoms with E-state index in [1.807, 2.05) is 0 Å². The number of aromatic amines is 1. The number of hydrogen-bond acceptors (Lipinski definition) is 5. The summed E-state index contributed by atoms with van der Waals surface area (Å²) in [4.78, 5) is 18.9. The van der Waals surface area contributed by atoms with Gasteiger partial charge >= 0.3 is 0 Å². The molecule has 7 heteroatoms. The lowest BCUT2D eigenvalue weighted by atomic mass is 10.1. The highest BCUT2D eigenvalue weighted by Crippen LogP contribution is 2.27. The predicted molar refractivity (Wildman–Crippen MR) is 105 cm³/mol. The minimum absolute atomic E-state index is 0.171. The number of carbonyl (C=O) groups is 1. The Hall–Kier alpha value is -3.35. The summed E-state index contributed by atoms with van der Waals surface area (Å²) in [6, 6.07) is 13.3. The van der Waals surface area contributed by atoms with Crippen molar-refractivity contribution >= 4 is 17.3 Å². The largest absolute Gasteiger partial charge is 0.399 e. The van der Waals surface area contributed by atoms with E-state index in [0.29, 0.717) is 30.0 Å². The molecular formula is C20H22N6O. The molecule has 2 aromatic carbocycles. The Bertz CT molecular complexity index is 963. The maximum absolute atomic E-state index is 12.1. The number of nitrogens with one attached hydrogen (secondary N) is 2. The van der Waals surface area contributed by atoms with Crippen molar-refractivity contribution in [2.45, 2.75) is 19.4 Å². The number of aromatic nitrogens is 3. The Kier molecular flexibility index (Phi) is 4.50. The molecule has 0 saturated heterocycles. The highest BCUT2D eigenvalue weighted by molar-refractivity contribution is 5.94. The van der Waals surface area contributed by atoms with E-state index in [1.165, 1.54) is 16.8 Å². The highest BCUT2D eigenvalue weighted by Gasteiger charge is 2.16. The molecule has 138 valence electrons. The number of amides is 1. The maximum atomic E-state index is 12.1. The van der Waals surface area contributed by atoms with E-state index in [4.69, 9.17) is 5.73 Å². The summed E-state index contributed by atoms with van der Waals surface area (Å²) >= 11 is 0. The molecule has 1 aromatic heterocycles. The fourth-order valence-electron chi connectivity index (χ4n) is 3.31. The number of nitrogens with two attached hydrogens (primary N) is 1. The van der Waals surface area contributed by atoms with Gasteiger partial charge in [-0.25, -0.2) is 4.98 Å². The Labute approximate surface area is 157 Å². The van der Waals surface area contributed by atoms with E-state index in [2.05, 4.69) is 50.6 Å². The van der Waals surface area contributed by atoms with E-state index < -0.39 is 0 Å². The maximum Gasteiger partial charge on any atom is 0.251 e. The lowest BCUT2D eigenvalue weighted by molar-refractivity contribution is 0.0950. The third kappa shape index (κ3) is 3.76. The summed E-state index contributed by atoms with van der Waals surface area (Å²) in [5.74, 6) is 1.18. The topological polar surface area (TPSA) is 99.9 Å². The molecule has 4 rings (SSSR count). The molecule has 0 radical (unpaired) electrons. The molecule has 3 aromatic rings. The van der Waals surface area contributed by atoms with E-state index >= 15 is 0 Å². The Morgan fingerprint density at radius 2 is 2.07 bits per heavy atom. The van der Waals surface area contributed by atoms with Crippen LogP contribution in [0.3, 0.4) is 0 Å². The Balaban J connectivity index is 1.36. The lowest BCUT2D eigenvalue weighted by Crippen LogP contribution is -2.23. The zero-order valence-electron chi connectivity index (χ0n) is 15.2. The van der Waals surface area contributed by atoms with Gasteiger partial charge in [-0.1, -0.05) is 12.1 Å². The van der Waals surface area contributed by atoms with Crippen LogP contribution in [-0.4, -0.2) is 34.7 Å². The minimum Gasteiger partial charge on any atom is -0.399 e. The van der Waals surface area contributed by atoms with Crippen LogP contribution < -0.4 is 16.0 Å². The lowest BCUT2D eigenvalue weighted by Gasteiger charge is -2.11. The smallest absolute Gasteiger partial charge is 0.251 e. The number of H-pyrrole nitrogens is 1. The van der Waals surface area contributed by atoms with Gasteiger partial charge in [-0.3, -0.25) is 9.89 Å². The second kappa shape index (κ2) is 7.11. The van der Waals surface area contributed by atoms with Crippen LogP contribution in [0.5, 0.6) is 0 Å². The van der Waals surface area contributed by atoms with Crippen molar-refractivity contribution in [3.63, 3.8) is 0 Å². The normalized spacial score (nSPS) is 12.9. The summed E-state index contributed by atoms with van der Waals surface area (Å²) in [6.45, 7) is 1.36. The number of benzene rings is 2. The molecule has 0 unspecified atom stereocenters. The van der Waals surface area contributed by atoms with Crippen LogP contribution in [0.1, 0.15) is 33.1 Å². The Morgan fingerprint density at radius 3 is 2.89 bits per heavy atom. The fraction of sp³-hybridized carbons (Fsp3) is 0.250. The van der Waals surface area contributed by atoms with Crippen molar-refractivity contribution in [3.05, 3.63) is 70.8 Å². The molecule has 4 N–H and O–H groups in total. The van der Waals surface area contributed by atoms with Crippen molar-refractivity contribution in [1.82, 2.24) is 20.5 Å².